The third-order valence-electron chi connectivity index (χ3n) is 3.98. The van der Waals surface area contributed by atoms with Crippen molar-refractivity contribution in [1.29, 1.82) is 0 Å². The Morgan fingerprint density at radius 1 is 1.00 bits per heavy atom. The van der Waals surface area contributed by atoms with Crippen LogP contribution in [0.5, 0.6) is 5.75 Å². The van der Waals surface area contributed by atoms with Crippen LogP contribution in [0.4, 0.5) is 0 Å². The average Bonchev–Trinajstić information content (AvgIpc) is 2.57. The lowest BCUT2D eigenvalue weighted by Crippen LogP contribution is -2.23. The van der Waals surface area contributed by atoms with Crippen LogP contribution in [0.15, 0.2) is 36.4 Å². The Hall–Kier alpha value is -2.31. The average molecular weight is 361 g/mol. The van der Waals surface area contributed by atoms with Gasteiger partial charge in [-0.25, -0.2) is 4.57 Å². The molecule has 0 fully saturated rings. The molecule has 8 heteroatoms. The zero-order valence-electron chi connectivity index (χ0n) is 13.4. The van der Waals surface area contributed by atoms with Crippen LogP contribution in [0.3, 0.4) is 0 Å². The first-order valence-corrected chi connectivity index (χ1v) is 9.10. The third-order valence-corrected chi connectivity index (χ3v) is 4.40. The minimum Gasteiger partial charge on any atom is -0.403 e. The maximum atomic E-state index is 12.9. The minimum atomic E-state index is -4.91. The molecule has 1 aliphatic carbocycles. The highest BCUT2D eigenvalue weighted by molar-refractivity contribution is 7.46. The zero-order chi connectivity index (χ0) is 18.2. The van der Waals surface area contributed by atoms with E-state index in [9.17, 15) is 23.9 Å². The number of carbonyl (C=O) groups excluding carboxylic acids is 2. The molecule has 0 saturated heterocycles. The molecular formula is C17H16NO6P. The van der Waals surface area contributed by atoms with Crippen LogP contribution in [-0.4, -0.2) is 34.9 Å². The molecular weight excluding hydrogens is 345 g/mol. The van der Waals surface area contributed by atoms with Gasteiger partial charge in [0.2, 0.25) is 0 Å². The van der Waals surface area contributed by atoms with Gasteiger partial charge in [0, 0.05) is 16.7 Å². The van der Waals surface area contributed by atoms with E-state index in [0.29, 0.717) is 18.5 Å². The lowest BCUT2D eigenvalue weighted by atomic mass is 9.82. The van der Waals surface area contributed by atoms with E-state index in [1.54, 1.807) is 31.3 Å². The van der Waals surface area contributed by atoms with Crippen LogP contribution in [0.25, 0.3) is 0 Å². The second-order valence-electron chi connectivity index (χ2n) is 5.62. The van der Waals surface area contributed by atoms with Crippen molar-refractivity contribution in [3.05, 3.63) is 64.2 Å². The van der Waals surface area contributed by atoms with Crippen LogP contribution in [0.1, 0.15) is 37.4 Å². The highest BCUT2D eigenvalue weighted by Gasteiger charge is 2.35. The van der Waals surface area contributed by atoms with Crippen molar-refractivity contribution in [3.63, 3.8) is 0 Å². The largest absolute Gasteiger partial charge is 0.524 e. The summed E-state index contributed by atoms with van der Waals surface area (Å²) in [6.07, 6.45) is 0.377. The molecule has 2 aromatic rings. The Bertz CT molecular complexity index is 917. The van der Waals surface area contributed by atoms with Gasteiger partial charge in [0.15, 0.2) is 11.6 Å². The van der Waals surface area contributed by atoms with E-state index in [1.165, 1.54) is 12.1 Å². The van der Waals surface area contributed by atoms with E-state index >= 15 is 0 Å². The van der Waals surface area contributed by atoms with E-state index in [-0.39, 0.29) is 33.8 Å². The summed E-state index contributed by atoms with van der Waals surface area (Å²) in [5.74, 6) is -1.09. The van der Waals surface area contributed by atoms with Gasteiger partial charge in [-0.2, -0.15) is 0 Å². The van der Waals surface area contributed by atoms with Crippen LogP contribution in [0.2, 0.25) is 0 Å². The quantitative estimate of drug-likeness (QED) is 0.593. The number of ketones is 2. The molecule has 3 N–H and O–H groups in total. The summed E-state index contributed by atoms with van der Waals surface area (Å²) in [5.41, 5.74) is 0.893. The second kappa shape index (κ2) is 6.54. The molecule has 0 saturated carbocycles. The summed E-state index contributed by atoms with van der Waals surface area (Å²) in [6.45, 7) is 0.509. The van der Waals surface area contributed by atoms with Crippen molar-refractivity contribution in [2.24, 2.45) is 0 Å². The predicted octanol–water partition coefficient (Wildman–Crippen LogP) is 1.70. The van der Waals surface area contributed by atoms with Crippen LogP contribution >= 0.6 is 7.82 Å². The zero-order valence-corrected chi connectivity index (χ0v) is 14.2. The minimum absolute atomic E-state index is 0.0837. The Morgan fingerprint density at radius 3 is 2.24 bits per heavy atom. The number of carbonyl (C=O) groups is 2. The molecule has 130 valence electrons. The third kappa shape index (κ3) is 3.27. The van der Waals surface area contributed by atoms with E-state index < -0.39 is 13.6 Å². The molecule has 2 aromatic carbocycles. The van der Waals surface area contributed by atoms with Gasteiger partial charge < -0.3 is 9.84 Å². The highest BCUT2D eigenvalue weighted by atomic mass is 31.2. The number of hydrogen-bond acceptors (Lipinski definition) is 5. The predicted molar refractivity (Wildman–Crippen MR) is 90.1 cm³/mol. The van der Waals surface area contributed by atoms with Crippen molar-refractivity contribution < 1.29 is 28.5 Å². The van der Waals surface area contributed by atoms with Gasteiger partial charge in [-0.05, 0) is 31.6 Å². The monoisotopic (exact) mass is 361 g/mol. The summed E-state index contributed by atoms with van der Waals surface area (Å²) < 4.78 is 16.2. The van der Waals surface area contributed by atoms with E-state index in [2.05, 4.69) is 5.32 Å². The number of nitrogens with one attached hydrogen (secondary N) is 1. The van der Waals surface area contributed by atoms with E-state index in [4.69, 9.17) is 4.52 Å². The summed E-state index contributed by atoms with van der Waals surface area (Å²) >= 11 is 0. The molecule has 3 rings (SSSR count). The molecule has 7 nitrogen and oxygen atoms in total. The Labute approximate surface area is 143 Å². The smallest absolute Gasteiger partial charge is 0.403 e. The van der Waals surface area contributed by atoms with Crippen molar-refractivity contribution in [2.75, 3.05) is 13.6 Å². The normalized spacial score (nSPS) is 13.4. The molecule has 0 aromatic heterocycles. The van der Waals surface area contributed by atoms with Gasteiger partial charge in [0.25, 0.3) is 0 Å². The Kier molecular flexibility index (Phi) is 4.58. The second-order valence-corrected chi connectivity index (χ2v) is 6.78. The SMILES string of the molecule is CNCCc1ccc2c(c1OP(=O)(O)O)C(=O)c1ccccc1C2=O. The first-order chi connectivity index (χ1) is 11.8. The molecule has 0 unspecified atom stereocenters. The van der Waals surface area contributed by atoms with E-state index in [1.807, 2.05) is 0 Å². The molecule has 0 bridgehead atoms. The summed E-state index contributed by atoms with van der Waals surface area (Å²) in [5, 5.41) is 2.92. The number of hydrogen-bond donors (Lipinski definition) is 3. The molecule has 25 heavy (non-hydrogen) atoms. The molecule has 0 aliphatic heterocycles. The standard InChI is InChI=1S/C17H16NO6P/c1-18-9-8-10-6-7-13-14(17(10)24-25(21,22)23)16(20)12-5-3-2-4-11(12)15(13)19/h2-7,18H,8-9H2,1H3,(H2,21,22,23). The number of phosphoric acid groups is 1. The number of fused-ring (bicyclic) bond motifs is 2. The van der Waals surface area contributed by atoms with Crippen molar-refractivity contribution in [3.8, 4) is 5.75 Å². The number of benzene rings is 2. The topological polar surface area (TPSA) is 113 Å². The van der Waals surface area contributed by atoms with Crippen molar-refractivity contribution in [1.82, 2.24) is 5.32 Å². The van der Waals surface area contributed by atoms with Crippen LogP contribution < -0.4 is 9.84 Å². The fourth-order valence-electron chi connectivity index (χ4n) is 2.88. The van der Waals surface area contributed by atoms with Crippen LogP contribution in [0, 0.1) is 0 Å². The summed E-state index contributed by atoms with van der Waals surface area (Å²) in [4.78, 5) is 44.1. The molecule has 0 heterocycles. The Morgan fingerprint density at radius 2 is 1.64 bits per heavy atom. The fraction of sp³-hybridized carbons (Fsp3) is 0.176. The van der Waals surface area contributed by atoms with Gasteiger partial charge >= 0.3 is 7.82 Å². The lowest BCUT2D eigenvalue weighted by Gasteiger charge is -2.22. The number of likely N-dealkylation sites (N-methyl/N-ethyl adjacent to an activating group) is 1. The molecule has 0 amide bonds. The van der Waals surface area contributed by atoms with Gasteiger partial charge in [0.05, 0.1) is 5.56 Å². The number of phosphoric ester groups is 1. The lowest BCUT2D eigenvalue weighted by molar-refractivity contribution is 0.0977. The summed E-state index contributed by atoms with van der Waals surface area (Å²) in [7, 11) is -3.18. The first kappa shape index (κ1) is 17.5. The highest BCUT2D eigenvalue weighted by Crippen LogP contribution is 2.44. The molecule has 0 radical (unpaired) electrons. The fourth-order valence-corrected chi connectivity index (χ4v) is 3.33. The number of rotatable bonds is 5. The Balaban J connectivity index is 2.23. The summed E-state index contributed by atoms with van der Waals surface area (Å²) in [6, 6.07) is 9.41. The maximum absolute atomic E-state index is 12.9. The van der Waals surface area contributed by atoms with E-state index in [0.717, 1.165) is 0 Å². The van der Waals surface area contributed by atoms with Crippen LogP contribution in [-0.2, 0) is 11.0 Å². The first-order valence-electron chi connectivity index (χ1n) is 7.57. The van der Waals surface area contributed by atoms with Gasteiger partial charge in [0.1, 0.15) is 5.75 Å². The van der Waals surface area contributed by atoms with Crippen molar-refractivity contribution >= 4 is 19.4 Å². The molecule has 0 atom stereocenters. The molecule has 0 spiro atoms. The van der Waals surface area contributed by atoms with Crippen molar-refractivity contribution in [2.45, 2.75) is 6.42 Å². The van der Waals surface area contributed by atoms with Gasteiger partial charge in [-0.3, -0.25) is 19.4 Å². The van der Waals surface area contributed by atoms with Gasteiger partial charge in [-0.15, -0.1) is 0 Å². The van der Waals surface area contributed by atoms with Gasteiger partial charge in [-0.1, -0.05) is 30.3 Å². The molecule has 1 aliphatic rings. The maximum Gasteiger partial charge on any atom is 0.524 e.